The minimum atomic E-state index is 0.471. The lowest BCUT2D eigenvalue weighted by Gasteiger charge is -2.08. The Morgan fingerprint density at radius 2 is 1.95 bits per heavy atom. The van der Waals surface area contributed by atoms with Crippen LogP contribution in [0.15, 0.2) is 30.6 Å². The van der Waals surface area contributed by atoms with Crippen LogP contribution in [0.5, 0.6) is 11.5 Å². The first-order chi connectivity index (χ1) is 9.72. The lowest BCUT2D eigenvalue weighted by atomic mass is 10.1. The molecule has 1 aromatic carbocycles. The zero-order valence-electron chi connectivity index (χ0n) is 10.9. The monoisotopic (exact) mass is 306 g/mol. The average molecular weight is 307 g/mol. The molecule has 6 heteroatoms. The maximum absolute atomic E-state index is 6.09. The largest absolute Gasteiger partial charge is 0.497 e. The van der Waals surface area contributed by atoms with E-state index in [0.717, 1.165) is 32.2 Å². The van der Waals surface area contributed by atoms with Gasteiger partial charge in [-0.15, -0.1) is 11.3 Å². The van der Waals surface area contributed by atoms with Crippen LogP contribution in [0.25, 0.3) is 20.7 Å². The molecule has 0 saturated heterocycles. The number of hydrogen-bond acceptors (Lipinski definition) is 5. The van der Waals surface area contributed by atoms with Crippen molar-refractivity contribution in [2.45, 2.75) is 0 Å². The van der Waals surface area contributed by atoms with Gasteiger partial charge in [0, 0.05) is 16.5 Å². The van der Waals surface area contributed by atoms with E-state index in [2.05, 4.69) is 9.97 Å². The van der Waals surface area contributed by atoms with E-state index in [-0.39, 0.29) is 0 Å². The zero-order valence-corrected chi connectivity index (χ0v) is 12.5. The number of methoxy groups -OCH3 is 2. The van der Waals surface area contributed by atoms with Crippen LogP contribution in [0.1, 0.15) is 0 Å². The highest BCUT2D eigenvalue weighted by molar-refractivity contribution is 7.22. The molecule has 0 radical (unpaired) electrons. The molecular weight excluding hydrogens is 296 g/mol. The Labute approximate surface area is 125 Å². The van der Waals surface area contributed by atoms with Gasteiger partial charge in [0.2, 0.25) is 0 Å². The lowest BCUT2D eigenvalue weighted by Crippen LogP contribution is -1.89. The second-order valence-corrected chi connectivity index (χ2v) is 5.47. The fraction of sp³-hybridized carbons (Fsp3) is 0.143. The van der Waals surface area contributed by atoms with Crippen LogP contribution in [-0.2, 0) is 0 Å². The number of ether oxygens (including phenoxy) is 2. The number of rotatable bonds is 3. The summed E-state index contributed by atoms with van der Waals surface area (Å²) < 4.78 is 11.5. The number of halogens is 1. The van der Waals surface area contributed by atoms with Crippen molar-refractivity contribution in [3.05, 3.63) is 35.7 Å². The van der Waals surface area contributed by atoms with Gasteiger partial charge in [0.25, 0.3) is 0 Å². The number of nitrogens with zero attached hydrogens (tertiary/aromatic N) is 2. The van der Waals surface area contributed by atoms with Gasteiger partial charge in [0.1, 0.15) is 23.0 Å². The van der Waals surface area contributed by atoms with Gasteiger partial charge < -0.3 is 9.47 Å². The van der Waals surface area contributed by atoms with E-state index < -0.39 is 0 Å². The van der Waals surface area contributed by atoms with Gasteiger partial charge in [-0.3, -0.25) is 0 Å². The molecule has 0 saturated carbocycles. The molecule has 2 heterocycles. The van der Waals surface area contributed by atoms with E-state index in [1.807, 2.05) is 24.3 Å². The van der Waals surface area contributed by atoms with E-state index >= 15 is 0 Å². The van der Waals surface area contributed by atoms with Gasteiger partial charge in [-0.2, -0.15) is 0 Å². The topological polar surface area (TPSA) is 44.2 Å². The number of benzene rings is 1. The van der Waals surface area contributed by atoms with Crippen LogP contribution in [0, 0.1) is 0 Å². The SMILES string of the molecule is COc1ccc(-c2cc3ncnc(Cl)c3s2)c(OC)c1. The van der Waals surface area contributed by atoms with Crippen molar-refractivity contribution in [1.29, 1.82) is 0 Å². The normalized spacial score (nSPS) is 10.8. The van der Waals surface area contributed by atoms with Crippen LogP contribution in [0.2, 0.25) is 5.15 Å². The molecule has 0 aliphatic carbocycles. The van der Waals surface area contributed by atoms with Crippen LogP contribution in [-0.4, -0.2) is 24.2 Å². The molecule has 4 nitrogen and oxygen atoms in total. The van der Waals surface area contributed by atoms with E-state index in [9.17, 15) is 0 Å². The molecule has 3 rings (SSSR count). The highest BCUT2D eigenvalue weighted by atomic mass is 35.5. The third-order valence-corrected chi connectivity index (χ3v) is 4.50. The molecule has 0 spiro atoms. The summed E-state index contributed by atoms with van der Waals surface area (Å²) >= 11 is 7.63. The van der Waals surface area contributed by atoms with Gasteiger partial charge in [-0.05, 0) is 18.2 Å². The van der Waals surface area contributed by atoms with Gasteiger partial charge >= 0.3 is 0 Å². The van der Waals surface area contributed by atoms with Crippen LogP contribution in [0.3, 0.4) is 0 Å². The van der Waals surface area contributed by atoms with Gasteiger partial charge in [0.15, 0.2) is 0 Å². The van der Waals surface area contributed by atoms with Gasteiger partial charge in [-0.1, -0.05) is 11.6 Å². The van der Waals surface area contributed by atoms with Crippen molar-refractivity contribution in [3.8, 4) is 21.9 Å². The van der Waals surface area contributed by atoms with E-state index in [4.69, 9.17) is 21.1 Å². The number of aromatic nitrogens is 2. The molecule has 102 valence electrons. The highest BCUT2D eigenvalue weighted by Crippen LogP contribution is 2.40. The summed E-state index contributed by atoms with van der Waals surface area (Å²) in [5.74, 6) is 1.50. The Morgan fingerprint density at radius 1 is 1.10 bits per heavy atom. The van der Waals surface area contributed by atoms with E-state index in [1.165, 1.54) is 6.33 Å². The Bertz CT molecular complexity index is 773. The van der Waals surface area contributed by atoms with Crippen molar-refractivity contribution < 1.29 is 9.47 Å². The van der Waals surface area contributed by atoms with Crippen LogP contribution in [0.4, 0.5) is 0 Å². The fourth-order valence-electron chi connectivity index (χ4n) is 1.96. The van der Waals surface area contributed by atoms with Crippen molar-refractivity contribution in [2.24, 2.45) is 0 Å². The minimum absolute atomic E-state index is 0.471. The van der Waals surface area contributed by atoms with Gasteiger partial charge in [-0.25, -0.2) is 9.97 Å². The predicted octanol–water partition coefficient (Wildman–Crippen LogP) is 4.03. The summed E-state index contributed by atoms with van der Waals surface area (Å²) in [7, 11) is 3.27. The molecule has 0 unspecified atom stereocenters. The molecule has 3 aromatic rings. The number of fused-ring (bicyclic) bond motifs is 1. The first kappa shape index (κ1) is 13.1. The molecule has 0 atom stereocenters. The Hall–Kier alpha value is -1.85. The van der Waals surface area contributed by atoms with Crippen molar-refractivity contribution in [2.75, 3.05) is 14.2 Å². The molecule has 0 aliphatic rings. The summed E-state index contributed by atoms with van der Waals surface area (Å²) in [4.78, 5) is 9.25. The maximum atomic E-state index is 6.09. The Kier molecular flexibility index (Phi) is 3.46. The molecule has 2 aromatic heterocycles. The summed E-state index contributed by atoms with van der Waals surface area (Å²) in [5, 5.41) is 0.471. The first-order valence-electron chi connectivity index (χ1n) is 5.85. The number of hydrogen-bond donors (Lipinski definition) is 0. The Morgan fingerprint density at radius 3 is 2.65 bits per heavy atom. The quantitative estimate of drug-likeness (QED) is 0.685. The second kappa shape index (κ2) is 5.26. The predicted molar refractivity (Wildman–Crippen MR) is 81.0 cm³/mol. The summed E-state index contributed by atoms with van der Waals surface area (Å²) in [6.45, 7) is 0. The molecule has 0 amide bonds. The molecule has 0 N–H and O–H groups in total. The summed E-state index contributed by atoms with van der Waals surface area (Å²) in [6, 6.07) is 7.70. The first-order valence-corrected chi connectivity index (χ1v) is 7.05. The number of thiophene rings is 1. The fourth-order valence-corrected chi connectivity index (χ4v) is 3.24. The van der Waals surface area contributed by atoms with E-state index in [1.54, 1.807) is 25.6 Å². The van der Waals surface area contributed by atoms with Crippen LogP contribution >= 0.6 is 22.9 Å². The highest BCUT2D eigenvalue weighted by Gasteiger charge is 2.13. The summed E-state index contributed by atoms with van der Waals surface area (Å²) in [5.41, 5.74) is 1.82. The summed E-state index contributed by atoms with van der Waals surface area (Å²) in [6.07, 6.45) is 1.46. The third-order valence-electron chi connectivity index (χ3n) is 2.94. The maximum Gasteiger partial charge on any atom is 0.150 e. The standard InChI is InChI=1S/C14H11ClN2O2S/c1-18-8-3-4-9(11(5-8)19-2)12-6-10-13(20-12)14(15)17-7-16-10/h3-7H,1-2H3. The van der Waals surface area contributed by atoms with Crippen LogP contribution < -0.4 is 9.47 Å². The molecule has 20 heavy (non-hydrogen) atoms. The smallest absolute Gasteiger partial charge is 0.150 e. The van der Waals surface area contributed by atoms with Crippen molar-refractivity contribution >= 4 is 33.2 Å². The van der Waals surface area contributed by atoms with Crippen molar-refractivity contribution in [3.63, 3.8) is 0 Å². The molecular formula is C14H11ClN2O2S. The average Bonchev–Trinajstić information content (AvgIpc) is 2.92. The van der Waals surface area contributed by atoms with Gasteiger partial charge in [0.05, 0.1) is 24.4 Å². The third kappa shape index (κ3) is 2.19. The van der Waals surface area contributed by atoms with Crippen molar-refractivity contribution in [1.82, 2.24) is 9.97 Å². The second-order valence-electron chi connectivity index (χ2n) is 4.06. The zero-order chi connectivity index (χ0) is 14.1. The Balaban J connectivity index is 2.17. The van der Waals surface area contributed by atoms with E-state index in [0.29, 0.717) is 5.15 Å². The molecule has 0 aliphatic heterocycles. The lowest BCUT2D eigenvalue weighted by molar-refractivity contribution is 0.395. The molecule has 0 bridgehead atoms. The molecule has 0 fully saturated rings. The minimum Gasteiger partial charge on any atom is -0.497 e.